The number of hydrogen-bond donors (Lipinski definition) is 4. The van der Waals surface area contributed by atoms with E-state index in [-0.39, 0.29) is 9.47 Å². The van der Waals surface area contributed by atoms with Crippen molar-refractivity contribution in [2.24, 2.45) is 0 Å². The number of sulfonamides is 1. The second kappa shape index (κ2) is 5.88. The van der Waals surface area contributed by atoms with Crippen LogP contribution < -0.4 is 10.0 Å². The van der Waals surface area contributed by atoms with E-state index < -0.39 is 34.7 Å². The molecule has 1 aromatic heterocycles. The first-order valence-electron chi connectivity index (χ1n) is 5.09. The summed E-state index contributed by atoms with van der Waals surface area (Å²) in [6, 6.07) is 0. The standard InChI is InChI=1S/C8H14N4O5S2/c1-5(15)9-6-10-11-7(18-6)19(16,17)12-8(2,3-13)4-14/h12-14H,3-4H2,1-2H3,(H,9,10,15). The van der Waals surface area contributed by atoms with Gasteiger partial charge in [-0.05, 0) is 6.92 Å². The first kappa shape index (κ1) is 15.9. The zero-order valence-corrected chi connectivity index (χ0v) is 11.9. The lowest BCUT2D eigenvalue weighted by atomic mass is 10.1. The van der Waals surface area contributed by atoms with Crippen molar-refractivity contribution in [1.82, 2.24) is 14.9 Å². The van der Waals surface area contributed by atoms with Crippen LogP contribution in [0, 0.1) is 0 Å². The highest BCUT2D eigenvalue weighted by Gasteiger charge is 2.31. The Balaban J connectivity index is 2.95. The molecule has 11 heteroatoms. The lowest BCUT2D eigenvalue weighted by Crippen LogP contribution is -2.51. The minimum Gasteiger partial charge on any atom is -0.394 e. The normalized spacial score (nSPS) is 12.4. The Morgan fingerprint density at radius 1 is 1.37 bits per heavy atom. The second-order valence-electron chi connectivity index (χ2n) is 4.04. The minimum absolute atomic E-state index is 0.0441. The van der Waals surface area contributed by atoms with Crippen molar-refractivity contribution in [1.29, 1.82) is 0 Å². The number of aromatic nitrogens is 2. The number of aliphatic hydroxyl groups excluding tert-OH is 2. The summed E-state index contributed by atoms with van der Waals surface area (Å²) in [5.41, 5.74) is -1.40. The highest BCUT2D eigenvalue weighted by molar-refractivity contribution is 7.91. The Bertz CT molecular complexity index is 551. The Morgan fingerprint density at radius 2 is 1.95 bits per heavy atom. The van der Waals surface area contributed by atoms with Gasteiger partial charge in [0.1, 0.15) is 0 Å². The Morgan fingerprint density at radius 3 is 2.42 bits per heavy atom. The van der Waals surface area contributed by atoms with Gasteiger partial charge in [0.25, 0.3) is 10.0 Å². The van der Waals surface area contributed by atoms with Gasteiger partial charge in [-0.1, -0.05) is 11.3 Å². The molecular formula is C8H14N4O5S2. The molecular weight excluding hydrogens is 296 g/mol. The van der Waals surface area contributed by atoms with Gasteiger partial charge in [0.15, 0.2) is 0 Å². The van der Waals surface area contributed by atoms with Gasteiger partial charge in [-0.2, -0.15) is 4.72 Å². The molecule has 0 spiro atoms. The highest BCUT2D eigenvalue weighted by Crippen LogP contribution is 2.21. The molecule has 1 aromatic rings. The molecule has 9 nitrogen and oxygen atoms in total. The number of nitrogens with zero attached hydrogens (tertiary/aromatic N) is 2. The SMILES string of the molecule is CC(=O)Nc1nnc(S(=O)(=O)NC(C)(CO)CO)s1. The third-order valence-electron chi connectivity index (χ3n) is 2.00. The van der Waals surface area contributed by atoms with E-state index in [0.29, 0.717) is 11.3 Å². The Kier molecular flexibility index (Phi) is 4.92. The van der Waals surface area contributed by atoms with Crippen LogP contribution in [-0.4, -0.2) is 53.5 Å². The van der Waals surface area contributed by atoms with E-state index in [0.717, 1.165) is 0 Å². The number of anilines is 1. The predicted molar refractivity (Wildman–Crippen MR) is 67.1 cm³/mol. The van der Waals surface area contributed by atoms with Crippen LogP contribution >= 0.6 is 11.3 Å². The third kappa shape index (κ3) is 4.18. The van der Waals surface area contributed by atoms with Crippen molar-refractivity contribution in [3.63, 3.8) is 0 Å². The monoisotopic (exact) mass is 310 g/mol. The zero-order valence-electron chi connectivity index (χ0n) is 10.2. The van der Waals surface area contributed by atoms with Crippen LogP contribution in [0.15, 0.2) is 4.34 Å². The maximum Gasteiger partial charge on any atom is 0.270 e. The topological polar surface area (TPSA) is 142 Å². The van der Waals surface area contributed by atoms with E-state index >= 15 is 0 Å². The van der Waals surface area contributed by atoms with Crippen LogP contribution in [0.1, 0.15) is 13.8 Å². The van der Waals surface area contributed by atoms with Crippen molar-refractivity contribution in [3.8, 4) is 0 Å². The van der Waals surface area contributed by atoms with E-state index in [1.54, 1.807) is 0 Å². The average Bonchev–Trinajstić information content (AvgIpc) is 2.76. The van der Waals surface area contributed by atoms with E-state index in [1.165, 1.54) is 13.8 Å². The molecule has 0 aliphatic rings. The molecule has 0 radical (unpaired) electrons. The van der Waals surface area contributed by atoms with Crippen molar-refractivity contribution in [2.45, 2.75) is 23.7 Å². The van der Waals surface area contributed by atoms with E-state index in [4.69, 9.17) is 10.2 Å². The molecule has 0 saturated carbocycles. The van der Waals surface area contributed by atoms with Crippen LogP contribution in [0.4, 0.5) is 5.13 Å². The van der Waals surface area contributed by atoms with Gasteiger partial charge in [-0.15, -0.1) is 10.2 Å². The number of nitrogens with one attached hydrogen (secondary N) is 2. The summed E-state index contributed by atoms with van der Waals surface area (Å²) in [7, 11) is -4.03. The molecule has 0 aliphatic carbocycles. The third-order valence-corrected chi connectivity index (χ3v) is 4.84. The minimum atomic E-state index is -4.03. The molecule has 4 N–H and O–H groups in total. The van der Waals surface area contributed by atoms with E-state index in [1.807, 2.05) is 0 Å². The van der Waals surface area contributed by atoms with Gasteiger partial charge < -0.3 is 15.5 Å². The van der Waals surface area contributed by atoms with Crippen molar-refractivity contribution >= 4 is 32.4 Å². The fourth-order valence-electron chi connectivity index (χ4n) is 1.00. The molecule has 1 rings (SSSR count). The molecule has 19 heavy (non-hydrogen) atoms. The van der Waals surface area contributed by atoms with E-state index in [9.17, 15) is 13.2 Å². The molecule has 0 fully saturated rings. The van der Waals surface area contributed by atoms with Gasteiger partial charge in [-0.25, -0.2) is 8.42 Å². The predicted octanol–water partition coefficient (Wildman–Crippen LogP) is -1.48. The molecule has 0 atom stereocenters. The number of rotatable bonds is 6. The average molecular weight is 310 g/mol. The first-order chi connectivity index (χ1) is 8.72. The molecule has 0 saturated heterocycles. The summed E-state index contributed by atoms with van der Waals surface area (Å²) >= 11 is 0.662. The van der Waals surface area contributed by atoms with Crippen molar-refractivity contribution in [2.75, 3.05) is 18.5 Å². The van der Waals surface area contributed by atoms with Gasteiger partial charge >= 0.3 is 0 Å². The molecule has 1 amide bonds. The van der Waals surface area contributed by atoms with Crippen molar-refractivity contribution in [3.05, 3.63) is 0 Å². The summed E-state index contributed by atoms with van der Waals surface area (Å²) in [6.45, 7) is 1.42. The van der Waals surface area contributed by atoms with Gasteiger partial charge in [0.2, 0.25) is 15.4 Å². The summed E-state index contributed by atoms with van der Waals surface area (Å²) < 4.78 is 25.6. The number of carbonyl (C=O) groups excluding carboxylic acids is 1. The van der Waals surface area contributed by atoms with Crippen LogP contribution in [0.3, 0.4) is 0 Å². The first-order valence-corrected chi connectivity index (χ1v) is 7.39. The van der Waals surface area contributed by atoms with Gasteiger partial charge in [0, 0.05) is 6.92 Å². The van der Waals surface area contributed by atoms with Crippen LogP contribution in [-0.2, 0) is 14.8 Å². The molecule has 0 aromatic carbocycles. The van der Waals surface area contributed by atoms with Crippen LogP contribution in [0.25, 0.3) is 0 Å². The number of amides is 1. The van der Waals surface area contributed by atoms with Crippen LogP contribution in [0.2, 0.25) is 0 Å². The van der Waals surface area contributed by atoms with Crippen molar-refractivity contribution < 1.29 is 23.4 Å². The number of hydrogen-bond acceptors (Lipinski definition) is 8. The fraction of sp³-hybridized carbons (Fsp3) is 0.625. The maximum absolute atomic E-state index is 11.9. The Hall–Kier alpha value is -1.14. The summed E-state index contributed by atoms with van der Waals surface area (Å²) in [5.74, 6) is -0.399. The molecule has 1 heterocycles. The lowest BCUT2D eigenvalue weighted by Gasteiger charge is -2.24. The largest absolute Gasteiger partial charge is 0.394 e. The summed E-state index contributed by atoms with van der Waals surface area (Å²) in [5, 5.41) is 27.4. The van der Waals surface area contributed by atoms with Crippen LogP contribution in [0.5, 0.6) is 0 Å². The van der Waals surface area contributed by atoms with Gasteiger partial charge in [0.05, 0.1) is 18.8 Å². The molecule has 0 bridgehead atoms. The second-order valence-corrected chi connectivity index (χ2v) is 6.87. The number of carbonyl (C=O) groups is 1. The highest BCUT2D eigenvalue weighted by atomic mass is 32.2. The summed E-state index contributed by atoms with van der Waals surface area (Å²) in [6.07, 6.45) is 0. The molecule has 0 aliphatic heterocycles. The smallest absolute Gasteiger partial charge is 0.270 e. The maximum atomic E-state index is 11.9. The van der Waals surface area contributed by atoms with Gasteiger partial charge in [-0.3, -0.25) is 4.79 Å². The number of aliphatic hydroxyl groups is 2. The quantitative estimate of drug-likeness (QED) is 0.469. The Labute approximate surface area is 113 Å². The lowest BCUT2D eigenvalue weighted by molar-refractivity contribution is -0.114. The molecule has 108 valence electrons. The fourth-order valence-corrected chi connectivity index (χ4v) is 3.34. The zero-order chi connectivity index (χ0) is 14.7. The molecule has 0 unspecified atom stereocenters. The summed E-state index contributed by atoms with van der Waals surface area (Å²) in [4.78, 5) is 10.8. The van der Waals surface area contributed by atoms with E-state index in [2.05, 4.69) is 20.2 Å².